The lowest BCUT2D eigenvalue weighted by Gasteiger charge is -2.32. The largest absolute Gasteiger partial charge is 0.352 e. The zero-order valence-electron chi connectivity index (χ0n) is 17.0. The van der Waals surface area contributed by atoms with Crippen molar-refractivity contribution in [2.45, 2.75) is 50.0 Å². The smallest absolute Gasteiger partial charge is 0.241 e. The molecule has 9 heteroatoms. The number of benzene rings is 1. The van der Waals surface area contributed by atoms with E-state index in [1.165, 1.54) is 0 Å². The molecule has 158 valence electrons. The second-order valence-electron chi connectivity index (χ2n) is 8.24. The van der Waals surface area contributed by atoms with Crippen molar-refractivity contribution in [2.24, 2.45) is 0 Å². The average molecular weight is 437 g/mol. The minimum atomic E-state index is -3.72. The third-order valence-corrected chi connectivity index (χ3v) is 7.25. The molecular weight excluding hydrogens is 408 g/mol. The monoisotopic (exact) mass is 436 g/mol. The molecule has 0 unspecified atom stereocenters. The van der Waals surface area contributed by atoms with Gasteiger partial charge in [-0.15, -0.1) is 11.3 Å². The molecular formula is C20H28N4O3S2. The molecule has 1 aliphatic rings. The summed E-state index contributed by atoms with van der Waals surface area (Å²) < 4.78 is 27.3. The molecule has 0 spiro atoms. The summed E-state index contributed by atoms with van der Waals surface area (Å²) in [5.74, 6) is -0.312. The van der Waals surface area contributed by atoms with Gasteiger partial charge >= 0.3 is 0 Å². The second-order valence-corrected chi connectivity index (χ2v) is 10.9. The molecule has 2 heterocycles. The maximum Gasteiger partial charge on any atom is 0.241 e. The van der Waals surface area contributed by atoms with Crippen LogP contribution in [0, 0.1) is 0 Å². The van der Waals surface area contributed by atoms with Gasteiger partial charge < -0.3 is 10.2 Å². The van der Waals surface area contributed by atoms with Crippen molar-refractivity contribution in [3.63, 3.8) is 0 Å². The topological polar surface area (TPSA) is 91.4 Å². The number of sulfonamides is 1. The highest BCUT2D eigenvalue weighted by Gasteiger charge is 2.23. The molecule has 3 rings (SSSR count). The van der Waals surface area contributed by atoms with E-state index in [0.717, 1.165) is 36.6 Å². The number of amides is 1. The molecule has 0 aliphatic carbocycles. The number of aromatic nitrogens is 1. The van der Waals surface area contributed by atoms with Gasteiger partial charge in [-0.1, -0.05) is 32.9 Å². The van der Waals surface area contributed by atoms with E-state index in [1.54, 1.807) is 29.7 Å². The molecule has 1 saturated heterocycles. The Bertz CT molecular complexity index is 912. The lowest BCUT2D eigenvalue weighted by Crippen LogP contribution is -2.47. The van der Waals surface area contributed by atoms with Crippen LogP contribution in [-0.2, 0) is 20.2 Å². The van der Waals surface area contributed by atoms with E-state index in [0.29, 0.717) is 0 Å². The van der Waals surface area contributed by atoms with Crippen LogP contribution in [0.1, 0.15) is 39.2 Å². The number of anilines is 1. The normalized spacial score (nSPS) is 16.0. The summed E-state index contributed by atoms with van der Waals surface area (Å²) in [4.78, 5) is 18.9. The van der Waals surface area contributed by atoms with Crippen LogP contribution in [0.25, 0.3) is 0 Å². The van der Waals surface area contributed by atoms with Crippen molar-refractivity contribution in [3.8, 4) is 0 Å². The molecule has 2 aromatic rings. The van der Waals surface area contributed by atoms with Crippen molar-refractivity contribution >= 4 is 32.4 Å². The number of piperidine rings is 1. The maximum atomic E-state index is 12.5. The Kier molecular flexibility index (Phi) is 6.60. The number of nitrogens with zero attached hydrogens (tertiary/aromatic N) is 2. The molecule has 7 nitrogen and oxygen atoms in total. The number of nitrogens with one attached hydrogen (secondary N) is 2. The van der Waals surface area contributed by atoms with Crippen LogP contribution in [-0.4, -0.2) is 45.0 Å². The SMILES string of the molecule is CC(C)(C)c1ccc(S(=O)(=O)NCC(=O)NC2CCN(c3nccs3)CC2)cc1. The minimum absolute atomic E-state index is 0.0503. The molecule has 0 bridgehead atoms. The fourth-order valence-corrected chi connectivity index (χ4v) is 4.92. The van der Waals surface area contributed by atoms with E-state index >= 15 is 0 Å². The first-order chi connectivity index (χ1) is 13.6. The summed E-state index contributed by atoms with van der Waals surface area (Å²) in [7, 11) is -3.72. The van der Waals surface area contributed by atoms with Crippen LogP contribution in [0.4, 0.5) is 5.13 Å². The standard InChI is InChI=1S/C20H28N4O3S2/c1-20(2,3)15-4-6-17(7-5-15)29(26,27)22-14-18(25)23-16-8-11-24(12-9-16)19-21-10-13-28-19/h4-7,10,13,16,22H,8-9,11-12,14H2,1-3H3,(H,23,25). The number of carbonyl (C=O) groups is 1. The van der Waals surface area contributed by atoms with E-state index in [1.807, 2.05) is 17.5 Å². The average Bonchev–Trinajstić information content (AvgIpc) is 3.21. The maximum absolute atomic E-state index is 12.5. The van der Waals surface area contributed by atoms with Gasteiger partial charge in [0.15, 0.2) is 5.13 Å². The van der Waals surface area contributed by atoms with Gasteiger partial charge in [0, 0.05) is 30.7 Å². The summed E-state index contributed by atoms with van der Waals surface area (Å²) in [5.41, 5.74) is 1.00. The number of thiazole rings is 1. The van der Waals surface area contributed by atoms with Crippen molar-refractivity contribution in [3.05, 3.63) is 41.4 Å². The Balaban J connectivity index is 1.47. The van der Waals surface area contributed by atoms with Crippen LogP contribution in [0.3, 0.4) is 0 Å². The molecule has 0 radical (unpaired) electrons. The molecule has 1 amide bonds. The van der Waals surface area contributed by atoms with E-state index < -0.39 is 10.0 Å². The van der Waals surface area contributed by atoms with Gasteiger partial charge in [0.1, 0.15) is 0 Å². The van der Waals surface area contributed by atoms with Gasteiger partial charge in [-0.25, -0.2) is 18.1 Å². The summed E-state index contributed by atoms with van der Waals surface area (Å²) in [6.07, 6.45) is 3.41. The molecule has 2 N–H and O–H groups in total. The molecule has 29 heavy (non-hydrogen) atoms. The summed E-state index contributed by atoms with van der Waals surface area (Å²) in [6, 6.07) is 6.83. The van der Waals surface area contributed by atoms with Crippen LogP contribution in [0.5, 0.6) is 0 Å². The molecule has 0 atom stereocenters. The third-order valence-electron chi connectivity index (χ3n) is 5.00. The summed E-state index contributed by atoms with van der Waals surface area (Å²) in [6.45, 7) is 7.59. The van der Waals surface area contributed by atoms with Gasteiger partial charge in [-0.3, -0.25) is 4.79 Å². The van der Waals surface area contributed by atoms with Crippen LogP contribution < -0.4 is 14.9 Å². The first-order valence-electron chi connectivity index (χ1n) is 9.69. The third kappa shape index (κ3) is 5.77. The van der Waals surface area contributed by atoms with Gasteiger partial charge in [-0.05, 0) is 36.0 Å². The highest BCUT2D eigenvalue weighted by Crippen LogP contribution is 2.23. The predicted molar refractivity (Wildman–Crippen MR) is 116 cm³/mol. The van der Waals surface area contributed by atoms with Crippen molar-refractivity contribution in [1.82, 2.24) is 15.0 Å². The van der Waals surface area contributed by atoms with E-state index in [2.05, 4.69) is 40.7 Å². The zero-order valence-corrected chi connectivity index (χ0v) is 18.6. The second kappa shape index (κ2) is 8.81. The lowest BCUT2D eigenvalue weighted by atomic mass is 9.87. The van der Waals surface area contributed by atoms with Gasteiger partial charge in [-0.2, -0.15) is 0 Å². The molecule has 1 aromatic heterocycles. The Morgan fingerprint density at radius 1 is 1.21 bits per heavy atom. The number of carbonyl (C=O) groups excluding carboxylic acids is 1. The Morgan fingerprint density at radius 3 is 2.41 bits per heavy atom. The Hall–Kier alpha value is -1.97. The number of rotatable bonds is 6. The van der Waals surface area contributed by atoms with E-state index in [4.69, 9.17) is 0 Å². The highest BCUT2D eigenvalue weighted by molar-refractivity contribution is 7.89. The number of hydrogen-bond donors (Lipinski definition) is 2. The van der Waals surface area contributed by atoms with E-state index in [-0.39, 0.29) is 28.8 Å². The van der Waals surface area contributed by atoms with Crippen molar-refractivity contribution < 1.29 is 13.2 Å². The summed E-state index contributed by atoms with van der Waals surface area (Å²) >= 11 is 1.61. The van der Waals surface area contributed by atoms with Crippen LogP contribution in [0.2, 0.25) is 0 Å². The van der Waals surface area contributed by atoms with Gasteiger partial charge in [0.25, 0.3) is 0 Å². The van der Waals surface area contributed by atoms with Gasteiger partial charge in [0.05, 0.1) is 11.4 Å². The first-order valence-corrected chi connectivity index (χ1v) is 12.1. The Labute approximate surface area is 176 Å². The van der Waals surface area contributed by atoms with Crippen molar-refractivity contribution in [1.29, 1.82) is 0 Å². The lowest BCUT2D eigenvalue weighted by molar-refractivity contribution is -0.120. The van der Waals surface area contributed by atoms with Gasteiger partial charge in [0.2, 0.25) is 15.9 Å². The molecule has 1 aliphatic heterocycles. The fraction of sp³-hybridized carbons (Fsp3) is 0.500. The zero-order chi connectivity index (χ0) is 21.1. The molecule has 1 fully saturated rings. The summed E-state index contributed by atoms with van der Waals surface area (Å²) in [5, 5.41) is 5.88. The molecule has 0 saturated carbocycles. The molecule has 1 aromatic carbocycles. The Morgan fingerprint density at radius 2 is 1.86 bits per heavy atom. The van der Waals surface area contributed by atoms with Crippen LogP contribution in [0.15, 0.2) is 40.7 Å². The quantitative estimate of drug-likeness (QED) is 0.726. The van der Waals surface area contributed by atoms with Crippen LogP contribution >= 0.6 is 11.3 Å². The number of hydrogen-bond acceptors (Lipinski definition) is 6. The van der Waals surface area contributed by atoms with Crippen molar-refractivity contribution in [2.75, 3.05) is 24.5 Å². The highest BCUT2D eigenvalue weighted by atomic mass is 32.2. The predicted octanol–water partition coefficient (Wildman–Crippen LogP) is 2.50. The first kappa shape index (κ1) is 21.7. The fourth-order valence-electron chi connectivity index (χ4n) is 3.24. The van der Waals surface area contributed by atoms with E-state index in [9.17, 15) is 13.2 Å². The minimum Gasteiger partial charge on any atom is -0.352 e.